The molecule has 0 aliphatic rings. The Morgan fingerprint density at radius 2 is 2.11 bits per heavy atom. The molecular weight excluding hydrogens is 368 g/mol. The third kappa shape index (κ3) is 3.56. The molecule has 142 valence electrons. The lowest BCUT2D eigenvalue weighted by Crippen LogP contribution is -2.27. The summed E-state index contributed by atoms with van der Waals surface area (Å²) in [6, 6.07) is 16.1. The first-order valence-corrected chi connectivity index (χ1v) is 10.0. The molecular formula is C22H22N4OS. The second-order valence-corrected chi connectivity index (χ2v) is 8.05. The monoisotopic (exact) mass is 390 g/mol. The first-order chi connectivity index (χ1) is 13.5. The average Bonchev–Trinajstić information content (AvgIpc) is 3.36. The lowest BCUT2D eigenvalue weighted by molar-refractivity contribution is 0.0939. The highest BCUT2D eigenvalue weighted by Gasteiger charge is 2.15. The third-order valence-corrected chi connectivity index (χ3v) is 6.05. The van der Waals surface area contributed by atoms with Crippen LogP contribution in [0.2, 0.25) is 0 Å². The Morgan fingerprint density at radius 1 is 1.25 bits per heavy atom. The first-order valence-electron chi connectivity index (χ1n) is 9.19. The van der Waals surface area contributed by atoms with Crippen LogP contribution < -0.4 is 11.1 Å². The molecule has 4 aromatic rings. The number of nitrogens with two attached hydrogens (primary N) is 1. The van der Waals surface area contributed by atoms with Crippen molar-refractivity contribution < 1.29 is 4.79 Å². The summed E-state index contributed by atoms with van der Waals surface area (Å²) in [6.45, 7) is 4.48. The fourth-order valence-corrected chi connectivity index (χ4v) is 4.18. The molecule has 0 aliphatic heterocycles. The summed E-state index contributed by atoms with van der Waals surface area (Å²) < 4.78 is 0. The molecule has 2 heterocycles. The Labute approximate surface area is 167 Å². The van der Waals surface area contributed by atoms with Crippen LogP contribution in [-0.2, 0) is 6.54 Å². The Balaban J connectivity index is 1.55. The molecule has 0 spiro atoms. The summed E-state index contributed by atoms with van der Waals surface area (Å²) in [5.74, 6) is -0.0894. The molecule has 28 heavy (non-hydrogen) atoms. The molecule has 4 rings (SSSR count). The van der Waals surface area contributed by atoms with Gasteiger partial charge >= 0.3 is 0 Å². The SMILES string of the molecule is Cc1cc2nc[nH]c2cc1C(=O)N[C@H](C)c1cccc(-c2ccc(CN)s2)c1. The number of carbonyl (C=O) groups is 1. The molecule has 0 bridgehead atoms. The third-order valence-electron chi connectivity index (χ3n) is 4.89. The zero-order chi connectivity index (χ0) is 19.7. The van der Waals surface area contributed by atoms with Crippen LogP contribution in [0, 0.1) is 6.92 Å². The lowest BCUT2D eigenvalue weighted by Gasteiger charge is -2.16. The zero-order valence-corrected chi connectivity index (χ0v) is 16.6. The quantitative estimate of drug-likeness (QED) is 0.467. The number of nitrogens with one attached hydrogen (secondary N) is 2. The molecule has 4 N–H and O–H groups in total. The number of hydrogen-bond acceptors (Lipinski definition) is 4. The molecule has 1 amide bonds. The van der Waals surface area contributed by atoms with Gasteiger partial charge in [0.25, 0.3) is 5.91 Å². The number of benzene rings is 2. The normalized spacial score (nSPS) is 12.2. The largest absolute Gasteiger partial charge is 0.346 e. The van der Waals surface area contributed by atoms with E-state index < -0.39 is 0 Å². The number of thiophene rings is 1. The van der Waals surface area contributed by atoms with E-state index in [1.165, 1.54) is 4.88 Å². The summed E-state index contributed by atoms with van der Waals surface area (Å²) >= 11 is 1.70. The molecule has 2 aromatic carbocycles. The maximum atomic E-state index is 12.9. The molecule has 0 unspecified atom stereocenters. The molecule has 5 nitrogen and oxygen atoms in total. The van der Waals surface area contributed by atoms with Crippen LogP contribution in [-0.4, -0.2) is 15.9 Å². The smallest absolute Gasteiger partial charge is 0.252 e. The van der Waals surface area contributed by atoms with Crippen LogP contribution in [0.4, 0.5) is 0 Å². The number of fused-ring (bicyclic) bond motifs is 1. The van der Waals surface area contributed by atoms with Gasteiger partial charge in [-0.25, -0.2) is 4.98 Å². The van der Waals surface area contributed by atoms with Gasteiger partial charge in [0.1, 0.15) is 0 Å². The molecule has 2 aromatic heterocycles. The Kier molecular flexibility index (Phi) is 4.98. The van der Waals surface area contributed by atoms with Crippen LogP contribution >= 0.6 is 11.3 Å². The van der Waals surface area contributed by atoms with Gasteiger partial charge < -0.3 is 16.0 Å². The van der Waals surface area contributed by atoms with Crippen molar-refractivity contribution in [3.8, 4) is 10.4 Å². The average molecular weight is 391 g/mol. The standard InChI is InChI=1S/C22H22N4OS/c1-13-8-19-20(25-12-24-19)10-18(13)22(27)26-14(2)15-4-3-5-16(9-15)21-7-6-17(11-23)28-21/h3-10,12,14H,11,23H2,1-2H3,(H,24,25)(H,26,27)/t14-/m1/s1. The van der Waals surface area contributed by atoms with Crippen molar-refractivity contribution in [1.29, 1.82) is 0 Å². The van der Waals surface area contributed by atoms with Crippen LogP contribution in [0.5, 0.6) is 0 Å². The molecule has 0 saturated heterocycles. The summed E-state index contributed by atoms with van der Waals surface area (Å²) in [6.07, 6.45) is 1.64. The Bertz CT molecular complexity index is 1140. The van der Waals surface area contributed by atoms with E-state index in [0.717, 1.165) is 32.6 Å². The van der Waals surface area contributed by atoms with Gasteiger partial charge in [-0.05, 0) is 60.9 Å². The number of aromatic nitrogens is 2. The molecule has 0 saturated carbocycles. The van der Waals surface area contributed by atoms with Gasteiger partial charge in [0, 0.05) is 21.9 Å². The van der Waals surface area contributed by atoms with Crippen molar-refractivity contribution >= 4 is 28.3 Å². The molecule has 0 fully saturated rings. The molecule has 0 radical (unpaired) electrons. The number of H-pyrrole nitrogens is 1. The topological polar surface area (TPSA) is 83.8 Å². The maximum Gasteiger partial charge on any atom is 0.252 e. The van der Waals surface area contributed by atoms with E-state index in [1.54, 1.807) is 17.7 Å². The van der Waals surface area contributed by atoms with Crippen molar-refractivity contribution in [2.24, 2.45) is 5.73 Å². The number of imidazole rings is 1. The predicted molar refractivity (Wildman–Crippen MR) is 114 cm³/mol. The Hall–Kier alpha value is -2.96. The van der Waals surface area contributed by atoms with Gasteiger partial charge in [0.05, 0.1) is 23.4 Å². The molecule has 6 heteroatoms. The summed E-state index contributed by atoms with van der Waals surface area (Å²) in [5.41, 5.74) is 11.2. The van der Waals surface area contributed by atoms with Crippen molar-refractivity contribution in [3.05, 3.63) is 76.4 Å². The van der Waals surface area contributed by atoms with Gasteiger partial charge in [0.15, 0.2) is 0 Å². The maximum absolute atomic E-state index is 12.9. The van der Waals surface area contributed by atoms with Gasteiger partial charge in [0.2, 0.25) is 0 Å². The van der Waals surface area contributed by atoms with E-state index in [-0.39, 0.29) is 11.9 Å². The van der Waals surface area contributed by atoms with Gasteiger partial charge in [-0.2, -0.15) is 0 Å². The van der Waals surface area contributed by atoms with Crippen molar-refractivity contribution in [2.45, 2.75) is 26.4 Å². The lowest BCUT2D eigenvalue weighted by atomic mass is 10.0. The second kappa shape index (κ2) is 7.58. The van der Waals surface area contributed by atoms with E-state index in [4.69, 9.17) is 5.73 Å². The van der Waals surface area contributed by atoms with E-state index in [2.05, 4.69) is 39.6 Å². The number of rotatable bonds is 5. The highest BCUT2D eigenvalue weighted by molar-refractivity contribution is 7.15. The van der Waals surface area contributed by atoms with Crippen LogP contribution in [0.15, 0.2) is 54.9 Å². The van der Waals surface area contributed by atoms with Crippen molar-refractivity contribution in [1.82, 2.24) is 15.3 Å². The summed E-state index contributed by atoms with van der Waals surface area (Å²) in [7, 11) is 0. The van der Waals surface area contributed by atoms with E-state index >= 15 is 0 Å². The van der Waals surface area contributed by atoms with Gasteiger partial charge in [-0.3, -0.25) is 4.79 Å². The van der Waals surface area contributed by atoms with Crippen molar-refractivity contribution in [3.63, 3.8) is 0 Å². The van der Waals surface area contributed by atoms with E-state index in [0.29, 0.717) is 12.1 Å². The second-order valence-electron chi connectivity index (χ2n) is 6.88. The van der Waals surface area contributed by atoms with Crippen LogP contribution in [0.1, 0.15) is 39.3 Å². The minimum Gasteiger partial charge on any atom is -0.346 e. The van der Waals surface area contributed by atoms with Gasteiger partial charge in [-0.1, -0.05) is 18.2 Å². The first kappa shape index (κ1) is 18.4. The summed E-state index contributed by atoms with van der Waals surface area (Å²) in [4.78, 5) is 22.5. The number of aromatic amines is 1. The summed E-state index contributed by atoms with van der Waals surface area (Å²) in [5, 5.41) is 3.12. The Morgan fingerprint density at radius 3 is 2.89 bits per heavy atom. The predicted octanol–water partition coefficient (Wildman–Crippen LogP) is 4.55. The van der Waals surface area contributed by atoms with E-state index in [9.17, 15) is 4.79 Å². The number of aryl methyl sites for hydroxylation is 1. The fourth-order valence-electron chi connectivity index (χ4n) is 3.29. The minimum atomic E-state index is -0.113. The van der Waals surface area contributed by atoms with Crippen LogP contribution in [0.3, 0.4) is 0 Å². The molecule has 0 aliphatic carbocycles. The highest BCUT2D eigenvalue weighted by atomic mass is 32.1. The van der Waals surface area contributed by atoms with Gasteiger partial charge in [-0.15, -0.1) is 11.3 Å². The number of hydrogen-bond donors (Lipinski definition) is 3. The fraction of sp³-hybridized carbons (Fsp3) is 0.182. The highest BCUT2D eigenvalue weighted by Crippen LogP contribution is 2.30. The zero-order valence-electron chi connectivity index (χ0n) is 15.8. The number of nitrogens with zero attached hydrogens (tertiary/aromatic N) is 1. The van der Waals surface area contributed by atoms with Crippen LogP contribution in [0.25, 0.3) is 21.5 Å². The minimum absolute atomic E-state index is 0.0894. The van der Waals surface area contributed by atoms with E-state index in [1.807, 2.05) is 38.1 Å². The van der Waals surface area contributed by atoms with Crippen molar-refractivity contribution in [2.75, 3.05) is 0 Å². The number of amides is 1. The number of carbonyl (C=O) groups excluding carboxylic acids is 1. The molecule has 1 atom stereocenters.